The van der Waals surface area contributed by atoms with Crippen LogP contribution in [0.15, 0.2) is 15.8 Å². The quantitative estimate of drug-likeness (QED) is 0.610. The van der Waals surface area contributed by atoms with Crippen molar-refractivity contribution in [3.05, 3.63) is 32.7 Å². The summed E-state index contributed by atoms with van der Waals surface area (Å²) in [6.45, 7) is 1.87. The second-order valence-corrected chi connectivity index (χ2v) is 5.41. The fourth-order valence-corrected chi connectivity index (χ4v) is 2.62. The molecule has 0 fully saturated rings. The highest BCUT2D eigenvalue weighted by atomic mass is 16.5. The first kappa shape index (κ1) is 15.1. The van der Waals surface area contributed by atoms with Crippen LogP contribution < -0.4 is 11.2 Å². The van der Waals surface area contributed by atoms with E-state index in [4.69, 9.17) is 0 Å². The number of nitrogens with zero attached hydrogens (tertiary/aromatic N) is 5. The molecule has 0 amide bonds. The van der Waals surface area contributed by atoms with Crippen molar-refractivity contribution in [3.8, 4) is 0 Å². The van der Waals surface area contributed by atoms with Gasteiger partial charge in [0.25, 0.3) is 5.56 Å². The van der Waals surface area contributed by atoms with E-state index in [1.807, 2.05) is 18.5 Å². The SMILES string of the molecule is COC(=O)CCn1c(=O)c2c(nc3n(C)c(C)cn23)n(C)c1=O. The van der Waals surface area contributed by atoms with E-state index >= 15 is 0 Å². The van der Waals surface area contributed by atoms with Crippen LogP contribution in [0.4, 0.5) is 0 Å². The van der Waals surface area contributed by atoms with E-state index in [2.05, 4.69) is 9.72 Å². The lowest BCUT2D eigenvalue weighted by Crippen LogP contribution is -2.39. The molecule has 3 heterocycles. The molecule has 0 bridgehead atoms. The molecule has 122 valence electrons. The summed E-state index contributed by atoms with van der Waals surface area (Å²) >= 11 is 0. The zero-order chi connectivity index (χ0) is 16.9. The Morgan fingerprint density at radius 1 is 1.26 bits per heavy atom. The predicted molar refractivity (Wildman–Crippen MR) is 82.5 cm³/mol. The maximum atomic E-state index is 12.7. The van der Waals surface area contributed by atoms with E-state index in [9.17, 15) is 14.4 Å². The van der Waals surface area contributed by atoms with E-state index in [0.29, 0.717) is 16.9 Å². The maximum absolute atomic E-state index is 12.7. The first-order valence-corrected chi connectivity index (χ1v) is 7.07. The number of methoxy groups -OCH3 is 1. The average Bonchev–Trinajstić information content (AvgIpc) is 3.02. The number of hydrogen-bond donors (Lipinski definition) is 0. The van der Waals surface area contributed by atoms with Gasteiger partial charge in [0.15, 0.2) is 11.2 Å². The van der Waals surface area contributed by atoms with Crippen LogP contribution in [0, 0.1) is 6.92 Å². The summed E-state index contributed by atoms with van der Waals surface area (Å²) in [5.41, 5.74) is 0.594. The highest BCUT2D eigenvalue weighted by Gasteiger charge is 2.19. The van der Waals surface area contributed by atoms with Crippen LogP contribution in [0.2, 0.25) is 0 Å². The highest BCUT2D eigenvalue weighted by molar-refractivity contribution is 5.75. The van der Waals surface area contributed by atoms with Crippen molar-refractivity contribution in [2.45, 2.75) is 19.9 Å². The highest BCUT2D eigenvalue weighted by Crippen LogP contribution is 2.14. The van der Waals surface area contributed by atoms with Crippen molar-refractivity contribution >= 4 is 22.9 Å². The maximum Gasteiger partial charge on any atom is 0.332 e. The van der Waals surface area contributed by atoms with Crippen molar-refractivity contribution in [1.82, 2.24) is 23.1 Å². The molecule has 9 nitrogen and oxygen atoms in total. The number of imidazole rings is 2. The van der Waals surface area contributed by atoms with Crippen LogP contribution >= 0.6 is 0 Å². The molecule has 23 heavy (non-hydrogen) atoms. The van der Waals surface area contributed by atoms with Gasteiger partial charge in [0.1, 0.15) is 0 Å². The van der Waals surface area contributed by atoms with Gasteiger partial charge in [0.2, 0.25) is 5.78 Å². The van der Waals surface area contributed by atoms with Crippen LogP contribution in [0.5, 0.6) is 0 Å². The number of esters is 1. The van der Waals surface area contributed by atoms with Gasteiger partial charge in [0.05, 0.1) is 13.5 Å². The molecular weight excluding hydrogens is 302 g/mol. The Bertz CT molecular complexity index is 1050. The average molecular weight is 319 g/mol. The van der Waals surface area contributed by atoms with Gasteiger partial charge < -0.3 is 9.30 Å². The molecule has 0 aromatic carbocycles. The summed E-state index contributed by atoms with van der Waals surface area (Å²) in [6.07, 6.45) is 1.74. The standard InChI is InChI=1S/C14H17N5O4/c1-8-7-19-10-11(15-13(19)16(8)2)17(3)14(22)18(12(10)21)6-5-9(20)23-4/h7H,5-6H2,1-4H3. The first-order valence-electron chi connectivity index (χ1n) is 7.07. The van der Waals surface area contributed by atoms with Gasteiger partial charge in [-0.1, -0.05) is 0 Å². The molecule has 0 saturated heterocycles. The lowest BCUT2D eigenvalue weighted by molar-refractivity contribution is -0.140. The number of hydrogen-bond acceptors (Lipinski definition) is 5. The second-order valence-electron chi connectivity index (χ2n) is 5.41. The van der Waals surface area contributed by atoms with E-state index in [0.717, 1.165) is 10.3 Å². The van der Waals surface area contributed by atoms with E-state index in [-0.39, 0.29) is 13.0 Å². The van der Waals surface area contributed by atoms with Gasteiger partial charge in [-0.15, -0.1) is 0 Å². The fraction of sp³-hybridized carbons (Fsp3) is 0.429. The molecule has 0 aliphatic carbocycles. The van der Waals surface area contributed by atoms with Crippen LogP contribution in [0.1, 0.15) is 12.1 Å². The molecule has 0 aliphatic rings. The number of aryl methyl sites for hydroxylation is 3. The Morgan fingerprint density at radius 2 is 1.96 bits per heavy atom. The molecule has 0 radical (unpaired) electrons. The lowest BCUT2D eigenvalue weighted by atomic mass is 10.4. The van der Waals surface area contributed by atoms with Crippen molar-refractivity contribution in [1.29, 1.82) is 0 Å². The van der Waals surface area contributed by atoms with Crippen molar-refractivity contribution in [2.24, 2.45) is 14.1 Å². The number of fused-ring (bicyclic) bond motifs is 3. The summed E-state index contributed by atoms with van der Waals surface area (Å²) in [6, 6.07) is 0. The van der Waals surface area contributed by atoms with Crippen LogP contribution in [-0.2, 0) is 30.2 Å². The number of ether oxygens (including phenoxy) is 1. The molecule has 0 saturated carbocycles. The Hall–Kier alpha value is -2.84. The lowest BCUT2D eigenvalue weighted by Gasteiger charge is -2.07. The summed E-state index contributed by atoms with van der Waals surface area (Å²) < 4.78 is 10.4. The Labute approximate surface area is 130 Å². The van der Waals surface area contributed by atoms with Crippen molar-refractivity contribution in [3.63, 3.8) is 0 Å². The summed E-state index contributed by atoms with van der Waals surface area (Å²) in [7, 11) is 4.65. The van der Waals surface area contributed by atoms with Crippen LogP contribution in [0.25, 0.3) is 16.9 Å². The Morgan fingerprint density at radius 3 is 2.61 bits per heavy atom. The molecule has 0 N–H and O–H groups in total. The summed E-state index contributed by atoms with van der Waals surface area (Å²) in [5, 5.41) is 0. The summed E-state index contributed by atoms with van der Waals surface area (Å²) in [5.74, 6) is 0.100. The smallest absolute Gasteiger partial charge is 0.332 e. The van der Waals surface area contributed by atoms with Gasteiger partial charge in [-0.25, -0.2) is 4.79 Å². The van der Waals surface area contributed by atoms with Crippen LogP contribution in [-0.4, -0.2) is 36.2 Å². The molecule has 9 heteroatoms. The third-order valence-electron chi connectivity index (χ3n) is 4.07. The number of carbonyl (C=O) groups is 1. The molecule has 0 aliphatic heterocycles. The molecule has 0 atom stereocenters. The number of carbonyl (C=O) groups excluding carboxylic acids is 1. The first-order chi connectivity index (χ1) is 10.9. The zero-order valence-corrected chi connectivity index (χ0v) is 13.4. The van der Waals surface area contributed by atoms with E-state index in [1.54, 1.807) is 17.6 Å². The number of aromatic nitrogens is 5. The van der Waals surface area contributed by atoms with Crippen LogP contribution in [0.3, 0.4) is 0 Å². The van der Waals surface area contributed by atoms with Gasteiger partial charge in [-0.2, -0.15) is 4.98 Å². The minimum Gasteiger partial charge on any atom is -0.469 e. The molecule has 0 spiro atoms. The van der Waals surface area contributed by atoms with Gasteiger partial charge in [-0.3, -0.25) is 23.1 Å². The minimum absolute atomic E-state index is 0.0346. The number of rotatable bonds is 3. The van der Waals surface area contributed by atoms with Gasteiger partial charge >= 0.3 is 11.7 Å². The molecule has 3 aromatic heterocycles. The fourth-order valence-electron chi connectivity index (χ4n) is 2.62. The van der Waals surface area contributed by atoms with Gasteiger partial charge in [0, 0.05) is 32.5 Å². The Balaban J connectivity index is 2.32. The third kappa shape index (κ3) is 2.07. The minimum atomic E-state index is -0.508. The Kier molecular flexibility index (Phi) is 3.35. The van der Waals surface area contributed by atoms with Crippen molar-refractivity contribution < 1.29 is 9.53 Å². The van der Waals surface area contributed by atoms with E-state index < -0.39 is 17.2 Å². The monoisotopic (exact) mass is 319 g/mol. The van der Waals surface area contributed by atoms with Gasteiger partial charge in [-0.05, 0) is 6.92 Å². The summed E-state index contributed by atoms with van der Waals surface area (Å²) in [4.78, 5) is 40.8. The predicted octanol–water partition coefficient (Wildman–Crippen LogP) is -0.442. The third-order valence-corrected chi connectivity index (χ3v) is 4.07. The molecule has 3 aromatic rings. The molecule has 3 rings (SSSR count). The van der Waals surface area contributed by atoms with Crippen molar-refractivity contribution in [2.75, 3.05) is 7.11 Å². The topological polar surface area (TPSA) is 92.5 Å². The van der Waals surface area contributed by atoms with E-state index in [1.165, 1.54) is 11.7 Å². The normalized spacial score (nSPS) is 11.5. The molecule has 0 unspecified atom stereocenters. The molecular formula is C14H17N5O4. The zero-order valence-electron chi connectivity index (χ0n) is 13.4. The largest absolute Gasteiger partial charge is 0.469 e. The second kappa shape index (κ2) is 5.11.